The molecule has 310 valence electrons. The number of thioether (sulfide) groups is 1. The second kappa shape index (κ2) is 19.3. The van der Waals surface area contributed by atoms with E-state index in [1.807, 2.05) is 56.1 Å². The number of aromatic nitrogens is 4. The van der Waals surface area contributed by atoms with Gasteiger partial charge < -0.3 is 34.7 Å². The molecular formula is C42H54N8O6S2. The first-order valence-corrected chi connectivity index (χ1v) is 21.6. The maximum absolute atomic E-state index is 13.8. The molecule has 3 amide bonds. The molecule has 1 unspecified atom stereocenters. The lowest BCUT2D eigenvalue weighted by Crippen LogP contribution is -2.51. The fourth-order valence-corrected chi connectivity index (χ4v) is 8.75. The molecule has 2 aromatic carbocycles. The first-order valence-electron chi connectivity index (χ1n) is 19.6. The molecule has 2 fully saturated rings. The quantitative estimate of drug-likeness (QED) is 0.0196. The molecule has 6 rings (SSSR count). The number of rotatable bonds is 16. The summed E-state index contributed by atoms with van der Waals surface area (Å²) >= 11 is 6.28. The minimum atomic E-state index is -0.709. The Morgan fingerprint density at radius 3 is 1.88 bits per heavy atom. The van der Waals surface area contributed by atoms with Crippen molar-refractivity contribution in [2.45, 2.75) is 63.9 Å². The second-order valence-electron chi connectivity index (χ2n) is 15.6. The van der Waals surface area contributed by atoms with Crippen molar-refractivity contribution in [1.82, 2.24) is 35.1 Å². The van der Waals surface area contributed by atoms with Crippen LogP contribution in [0.5, 0.6) is 0 Å². The van der Waals surface area contributed by atoms with E-state index in [1.165, 1.54) is 7.11 Å². The molecule has 4 N–H and O–H groups in total. The van der Waals surface area contributed by atoms with Gasteiger partial charge in [0.2, 0.25) is 18.2 Å². The molecule has 2 aliphatic heterocycles. The zero-order chi connectivity index (χ0) is 41.5. The van der Waals surface area contributed by atoms with Crippen LogP contribution < -0.4 is 5.32 Å². The lowest BCUT2D eigenvalue weighted by Gasteiger charge is -2.30. The summed E-state index contributed by atoms with van der Waals surface area (Å²) in [5.74, 6) is 1.65. The van der Waals surface area contributed by atoms with E-state index in [9.17, 15) is 14.4 Å². The summed E-state index contributed by atoms with van der Waals surface area (Å²) in [6.07, 6.45) is 7.27. The summed E-state index contributed by atoms with van der Waals surface area (Å²) < 4.78 is 4.79. The Hall–Kier alpha value is -4.80. The van der Waals surface area contributed by atoms with E-state index in [-0.39, 0.29) is 53.5 Å². The molecule has 6 atom stereocenters. The number of nitrogens with one attached hydrogen (secondary N) is 4. The van der Waals surface area contributed by atoms with Gasteiger partial charge in [-0.25, -0.2) is 14.8 Å². The van der Waals surface area contributed by atoms with Gasteiger partial charge in [-0.2, -0.15) is 29.3 Å². The Balaban J connectivity index is 1.13. The highest BCUT2D eigenvalue weighted by molar-refractivity contribution is 7.99. The van der Waals surface area contributed by atoms with E-state index >= 15 is 0 Å². The fourth-order valence-electron chi connectivity index (χ4n) is 7.81. The zero-order valence-corrected chi connectivity index (χ0v) is 35.5. The van der Waals surface area contributed by atoms with Crippen molar-refractivity contribution in [2.24, 2.45) is 23.7 Å². The van der Waals surface area contributed by atoms with Crippen LogP contribution in [0.2, 0.25) is 0 Å². The largest absolute Gasteiger partial charge is 0.453 e. The highest BCUT2D eigenvalue weighted by Gasteiger charge is 2.42. The van der Waals surface area contributed by atoms with Gasteiger partial charge in [0.05, 0.1) is 48.9 Å². The predicted molar refractivity (Wildman–Crippen MR) is 228 cm³/mol. The van der Waals surface area contributed by atoms with E-state index in [0.717, 1.165) is 58.1 Å². The molecular weight excluding hydrogens is 777 g/mol. The number of methoxy groups -OCH3 is 1. The Labute approximate surface area is 349 Å². The smallest absolute Gasteiger partial charge is 0.407 e. The minimum absolute atomic E-state index is 0.0142. The average molecular weight is 831 g/mol. The number of carbonyl (C=O) groups excluding carboxylic acids is 3. The number of amides is 3. The van der Waals surface area contributed by atoms with Crippen LogP contribution in [0.1, 0.15) is 64.3 Å². The van der Waals surface area contributed by atoms with Gasteiger partial charge in [0.15, 0.2) is 0 Å². The molecule has 4 aromatic rings. The predicted octanol–water partition coefficient (Wildman–Crippen LogP) is 7.17. The molecule has 16 heteroatoms. The van der Waals surface area contributed by atoms with Gasteiger partial charge in [-0.15, -0.1) is 0 Å². The van der Waals surface area contributed by atoms with Crippen molar-refractivity contribution in [3.05, 3.63) is 72.6 Å². The average Bonchev–Trinajstić information content (AvgIpc) is 4.07. The third kappa shape index (κ3) is 9.56. The van der Waals surface area contributed by atoms with Crippen molar-refractivity contribution in [1.29, 1.82) is 5.41 Å². The molecule has 0 bridgehead atoms. The molecule has 2 saturated heterocycles. The number of aromatic amines is 2. The van der Waals surface area contributed by atoms with Gasteiger partial charge in [0.25, 0.3) is 0 Å². The van der Waals surface area contributed by atoms with Crippen molar-refractivity contribution in [3.63, 3.8) is 0 Å². The van der Waals surface area contributed by atoms with Crippen LogP contribution in [0, 0.1) is 29.1 Å². The number of hydrogen-bond acceptors (Lipinski definition) is 11. The Bertz CT molecular complexity index is 2020. The number of alkyl carbamates (subject to hydrolysis) is 1. The molecule has 2 aromatic heterocycles. The number of ether oxygens (including phenoxy) is 1. The second-order valence-corrected chi connectivity index (χ2v) is 17.1. The molecule has 58 heavy (non-hydrogen) atoms. The highest BCUT2D eigenvalue weighted by Crippen LogP contribution is 2.39. The number of thiol groups is 1. The van der Waals surface area contributed by atoms with E-state index in [0.29, 0.717) is 25.2 Å². The maximum atomic E-state index is 13.8. The Morgan fingerprint density at radius 2 is 1.40 bits per heavy atom. The molecule has 0 spiro atoms. The van der Waals surface area contributed by atoms with Crippen LogP contribution >= 0.6 is 24.4 Å². The molecule has 14 nitrogen and oxygen atoms in total. The van der Waals surface area contributed by atoms with Gasteiger partial charge in [0, 0.05) is 18.3 Å². The summed E-state index contributed by atoms with van der Waals surface area (Å²) in [7, 11) is 1.29. The summed E-state index contributed by atoms with van der Waals surface area (Å²) in [5.41, 5.74) is 5.78. The first-order chi connectivity index (χ1) is 28.0. The number of H-pyrrole nitrogens is 2. The normalized spacial score (nSPS) is 20.4. The number of imidazole rings is 2. The van der Waals surface area contributed by atoms with Gasteiger partial charge in [-0.1, -0.05) is 76.2 Å². The topological polar surface area (TPSA) is 179 Å². The van der Waals surface area contributed by atoms with Crippen molar-refractivity contribution >= 4 is 48.7 Å². The lowest BCUT2D eigenvalue weighted by molar-refractivity contribution is -0.229. The number of hydrogen-bond donors (Lipinski definition) is 5. The summed E-state index contributed by atoms with van der Waals surface area (Å²) in [5, 5.41) is 10.0. The van der Waals surface area contributed by atoms with Gasteiger partial charge in [-0.05, 0) is 64.9 Å². The highest BCUT2D eigenvalue weighted by atomic mass is 32.2. The van der Waals surface area contributed by atoms with E-state index in [2.05, 4.69) is 81.3 Å². The summed E-state index contributed by atoms with van der Waals surface area (Å²) in [6.45, 7) is 8.98. The molecule has 0 aliphatic carbocycles. The maximum Gasteiger partial charge on any atom is 0.407 e. The Morgan fingerprint density at radius 1 is 0.862 bits per heavy atom. The first kappa shape index (κ1) is 42.8. The number of carbonyl (C=O) groups is 3. The van der Waals surface area contributed by atoms with Gasteiger partial charge >= 0.3 is 6.09 Å². The van der Waals surface area contributed by atoms with Gasteiger partial charge in [-0.3, -0.25) is 15.0 Å². The third-order valence-corrected chi connectivity index (χ3v) is 12.8. The fraction of sp³-hybridized carbons (Fsp3) is 0.476. The molecule has 0 radical (unpaired) electrons. The van der Waals surface area contributed by atoms with E-state index in [1.54, 1.807) is 11.8 Å². The van der Waals surface area contributed by atoms with Crippen molar-refractivity contribution in [2.75, 3.05) is 38.8 Å². The minimum Gasteiger partial charge on any atom is -0.453 e. The van der Waals surface area contributed by atoms with Crippen LogP contribution in [0.25, 0.3) is 33.6 Å². The van der Waals surface area contributed by atoms with Gasteiger partial charge in [0.1, 0.15) is 24.3 Å². The van der Waals surface area contributed by atoms with Crippen LogP contribution in [0.4, 0.5) is 4.79 Å². The van der Waals surface area contributed by atoms with Crippen LogP contribution in [0.3, 0.4) is 0 Å². The summed E-state index contributed by atoms with van der Waals surface area (Å²) in [6, 6.07) is 15.4. The van der Waals surface area contributed by atoms with Crippen molar-refractivity contribution in [3.8, 4) is 33.6 Å². The van der Waals surface area contributed by atoms with Crippen LogP contribution in [0.15, 0.2) is 60.9 Å². The Kier molecular flexibility index (Phi) is 14.2. The van der Waals surface area contributed by atoms with Crippen LogP contribution in [-0.2, 0) is 24.1 Å². The number of nitrogens with zero attached hydrogens (tertiary/aromatic N) is 4. The SMILES string of the molecule is COC(=O)N[C@H](C(=O)N1C[C@H](SC)C[C@H]1c1ncc(-c2ccc(-c3ccc(-c4cnc([C@@H]5CC(CS)CN5C(=O)[C@@H](COOC=N)C(C)C)[nH]4)cc3)cc2)[nH]1)C(C)C. The number of likely N-dealkylation sites (tertiary alicyclic amines) is 2. The third-order valence-electron chi connectivity index (χ3n) is 11.2. The number of benzene rings is 2. The summed E-state index contributed by atoms with van der Waals surface area (Å²) in [4.78, 5) is 69.6. The molecule has 2 aliphatic rings. The molecule has 0 saturated carbocycles. The van der Waals surface area contributed by atoms with Crippen molar-refractivity contribution < 1.29 is 28.9 Å². The van der Waals surface area contributed by atoms with E-state index < -0.39 is 18.1 Å². The van der Waals surface area contributed by atoms with E-state index in [4.69, 9.17) is 25.0 Å². The lowest BCUT2D eigenvalue weighted by atomic mass is 9.95. The molecule has 4 heterocycles. The van der Waals surface area contributed by atoms with Crippen LogP contribution in [-0.4, -0.2) is 104 Å². The monoisotopic (exact) mass is 830 g/mol. The zero-order valence-electron chi connectivity index (χ0n) is 33.8. The standard InChI is InChI=1S/C42H54N8O6S2/c1-24(2)32(21-55-56-23-43)40(51)49-19-26(22-57)15-35(49)38-44-17-33(46-38)29-11-7-27(8-12-29)28-9-13-30(14-10-28)34-18-45-39(47-34)36-16-31(58-6)20-50(36)41(52)37(25(3)4)48-42(53)54-5/h7-14,17-18,23-26,31-32,35-37,43,57H,15-16,19-22H2,1-6H3,(H,44,46)(H,45,47)(H,48,53)/t26?,31-,32+,35+,36+,37+/m1/s1.